The van der Waals surface area contributed by atoms with Gasteiger partial charge in [0.2, 0.25) is 0 Å². The summed E-state index contributed by atoms with van der Waals surface area (Å²) in [5.74, 6) is 0.508. The molecule has 0 aliphatic heterocycles. The van der Waals surface area contributed by atoms with Gasteiger partial charge < -0.3 is 4.98 Å². The Morgan fingerprint density at radius 1 is 1.53 bits per heavy atom. The minimum absolute atomic E-state index is 0.196. The fourth-order valence-electron chi connectivity index (χ4n) is 1.76. The van der Waals surface area contributed by atoms with Gasteiger partial charge in [0.25, 0.3) is 10.0 Å². The summed E-state index contributed by atoms with van der Waals surface area (Å²) in [5.41, 5.74) is 0. The Morgan fingerprint density at radius 3 is 2.71 bits per heavy atom. The Morgan fingerprint density at radius 2 is 2.24 bits per heavy atom. The molecule has 0 spiro atoms. The van der Waals surface area contributed by atoms with E-state index in [-0.39, 0.29) is 11.1 Å². The molecule has 0 saturated heterocycles. The van der Waals surface area contributed by atoms with Crippen molar-refractivity contribution in [3.63, 3.8) is 0 Å². The van der Waals surface area contributed by atoms with Gasteiger partial charge in [0, 0.05) is 12.6 Å². The van der Waals surface area contributed by atoms with Crippen LogP contribution in [0.3, 0.4) is 0 Å². The van der Waals surface area contributed by atoms with E-state index in [4.69, 9.17) is 0 Å². The van der Waals surface area contributed by atoms with Crippen LogP contribution in [0, 0.1) is 5.92 Å². The second-order valence-electron chi connectivity index (χ2n) is 4.95. The van der Waals surface area contributed by atoms with Crippen LogP contribution in [0.15, 0.2) is 17.6 Å². The van der Waals surface area contributed by atoms with E-state index >= 15 is 0 Å². The highest BCUT2D eigenvalue weighted by Gasteiger charge is 2.38. The van der Waals surface area contributed by atoms with E-state index in [0.717, 1.165) is 19.3 Å². The number of hydrogen-bond acceptors (Lipinski definition) is 3. The molecule has 5 nitrogen and oxygen atoms in total. The van der Waals surface area contributed by atoms with Crippen LogP contribution in [0.5, 0.6) is 0 Å². The first-order chi connectivity index (χ1) is 8.01. The van der Waals surface area contributed by atoms with Crippen LogP contribution in [0.1, 0.15) is 33.1 Å². The lowest BCUT2D eigenvalue weighted by atomic mass is 10.1. The quantitative estimate of drug-likeness (QED) is 0.842. The van der Waals surface area contributed by atoms with Crippen LogP contribution in [-0.2, 0) is 10.0 Å². The third-order valence-corrected chi connectivity index (χ3v) is 4.82. The van der Waals surface area contributed by atoms with E-state index in [9.17, 15) is 8.42 Å². The van der Waals surface area contributed by atoms with Gasteiger partial charge in [-0.1, -0.05) is 13.8 Å². The fourth-order valence-corrected chi connectivity index (χ4v) is 3.35. The highest BCUT2D eigenvalue weighted by atomic mass is 32.2. The molecule has 1 aromatic rings. The lowest BCUT2D eigenvalue weighted by Crippen LogP contribution is -2.34. The van der Waals surface area contributed by atoms with Crippen molar-refractivity contribution in [2.24, 2.45) is 5.92 Å². The van der Waals surface area contributed by atoms with Crippen molar-refractivity contribution in [3.05, 3.63) is 12.5 Å². The first kappa shape index (κ1) is 12.6. The molecule has 0 bridgehead atoms. The molecule has 0 aromatic carbocycles. The summed E-state index contributed by atoms with van der Waals surface area (Å²) >= 11 is 0. The van der Waals surface area contributed by atoms with Gasteiger partial charge in [-0.2, -0.15) is 4.31 Å². The number of nitrogens with one attached hydrogen (secondary N) is 1. The zero-order chi connectivity index (χ0) is 12.5. The van der Waals surface area contributed by atoms with Gasteiger partial charge in [-0.3, -0.25) is 0 Å². The minimum atomic E-state index is -3.37. The molecule has 2 rings (SSSR count). The third kappa shape index (κ3) is 2.87. The van der Waals surface area contributed by atoms with Crippen LogP contribution < -0.4 is 0 Å². The van der Waals surface area contributed by atoms with E-state index in [0.29, 0.717) is 12.5 Å². The smallest absolute Gasteiger partial charge is 0.260 e. The van der Waals surface area contributed by atoms with Crippen molar-refractivity contribution in [2.45, 2.75) is 44.2 Å². The lowest BCUT2D eigenvalue weighted by molar-refractivity contribution is 0.372. The number of nitrogens with zero attached hydrogens (tertiary/aromatic N) is 2. The average molecular weight is 257 g/mol. The Balaban J connectivity index is 2.15. The average Bonchev–Trinajstić information content (AvgIpc) is 2.92. The Bertz CT molecular complexity index is 449. The SMILES string of the molecule is CC(C)CCN(C1CC1)S(=O)(=O)c1cnc[nH]1. The fraction of sp³-hybridized carbons (Fsp3) is 0.727. The third-order valence-electron chi connectivity index (χ3n) is 2.94. The van der Waals surface area contributed by atoms with Crippen molar-refractivity contribution >= 4 is 10.0 Å². The number of rotatable bonds is 6. The zero-order valence-electron chi connectivity index (χ0n) is 10.3. The van der Waals surface area contributed by atoms with Crippen LogP contribution in [0.2, 0.25) is 0 Å². The normalized spacial score (nSPS) is 16.9. The Kier molecular flexibility index (Phi) is 3.53. The van der Waals surface area contributed by atoms with Crippen molar-refractivity contribution in [1.82, 2.24) is 14.3 Å². The molecule has 0 amide bonds. The second kappa shape index (κ2) is 4.78. The molecule has 17 heavy (non-hydrogen) atoms. The Labute approximate surface area is 102 Å². The van der Waals surface area contributed by atoms with E-state index in [1.807, 2.05) is 0 Å². The number of H-pyrrole nitrogens is 1. The minimum Gasteiger partial charge on any atom is -0.335 e. The summed E-state index contributed by atoms with van der Waals surface area (Å²) < 4.78 is 26.3. The first-order valence-corrected chi connectivity index (χ1v) is 7.46. The molecule has 0 atom stereocenters. The predicted molar refractivity (Wildman–Crippen MR) is 65.0 cm³/mol. The second-order valence-corrected chi connectivity index (χ2v) is 6.80. The van der Waals surface area contributed by atoms with Gasteiger partial charge in [-0.25, -0.2) is 13.4 Å². The number of aromatic nitrogens is 2. The maximum Gasteiger partial charge on any atom is 0.260 e. The largest absolute Gasteiger partial charge is 0.335 e. The van der Waals surface area contributed by atoms with Crippen LogP contribution in [0.4, 0.5) is 0 Å². The monoisotopic (exact) mass is 257 g/mol. The highest BCUT2D eigenvalue weighted by Crippen LogP contribution is 2.31. The van der Waals surface area contributed by atoms with Crippen molar-refractivity contribution in [1.29, 1.82) is 0 Å². The number of imidazole rings is 1. The molecule has 6 heteroatoms. The summed E-state index contributed by atoms with van der Waals surface area (Å²) in [6, 6.07) is 0.196. The van der Waals surface area contributed by atoms with Gasteiger partial charge in [0.15, 0.2) is 5.03 Å². The molecule has 1 heterocycles. The van der Waals surface area contributed by atoms with E-state index in [1.165, 1.54) is 12.5 Å². The topological polar surface area (TPSA) is 66.1 Å². The molecule has 96 valence electrons. The summed E-state index contributed by atoms with van der Waals surface area (Å²) in [5, 5.41) is 0.202. The number of aromatic amines is 1. The summed E-state index contributed by atoms with van der Waals surface area (Å²) in [6.07, 6.45) is 5.63. The van der Waals surface area contributed by atoms with Crippen LogP contribution in [-0.4, -0.2) is 35.3 Å². The van der Waals surface area contributed by atoms with E-state index < -0.39 is 10.0 Å². The molecule has 1 fully saturated rings. The van der Waals surface area contributed by atoms with Crippen molar-refractivity contribution in [3.8, 4) is 0 Å². The maximum absolute atomic E-state index is 12.3. The van der Waals surface area contributed by atoms with Crippen LogP contribution >= 0.6 is 0 Å². The summed E-state index contributed by atoms with van der Waals surface area (Å²) in [6.45, 7) is 4.81. The standard InChI is InChI=1S/C11H19N3O2S/c1-9(2)5-6-14(10-3-4-10)17(15,16)11-7-12-8-13-11/h7-10H,3-6H2,1-2H3,(H,12,13). The molecular weight excluding hydrogens is 238 g/mol. The van der Waals surface area contributed by atoms with Gasteiger partial charge in [-0.15, -0.1) is 0 Å². The molecular formula is C11H19N3O2S. The lowest BCUT2D eigenvalue weighted by Gasteiger charge is -2.21. The van der Waals surface area contributed by atoms with Gasteiger partial charge in [-0.05, 0) is 25.2 Å². The predicted octanol–water partition coefficient (Wildman–Crippen LogP) is 1.61. The summed E-state index contributed by atoms with van der Waals surface area (Å²) in [4.78, 5) is 6.47. The number of sulfonamides is 1. The van der Waals surface area contributed by atoms with Crippen molar-refractivity contribution in [2.75, 3.05) is 6.54 Å². The molecule has 1 saturated carbocycles. The van der Waals surface area contributed by atoms with Crippen LogP contribution in [0.25, 0.3) is 0 Å². The molecule has 1 aliphatic carbocycles. The van der Waals surface area contributed by atoms with Crippen molar-refractivity contribution < 1.29 is 8.42 Å². The van der Waals surface area contributed by atoms with E-state index in [1.54, 1.807) is 4.31 Å². The Hall–Kier alpha value is -0.880. The van der Waals surface area contributed by atoms with Gasteiger partial charge in [0.05, 0.1) is 12.5 Å². The first-order valence-electron chi connectivity index (χ1n) is 6.02. The number of hydrogen-bond donors (Lipinski definition) is 1. The molecule has 0 radical (unpaired) electrons. The molecule has 1 aromatic heterocycles. The maximum atomic E-state index is 12.3. The van der Waals surface area contributed by atoms with E-state index in [2.05, 4.69) is 23.8 Å². The summed E-state index contributed by atoms with van der Waals surface area (Å²) in [7, 11) is -3.37. The molecule has 1 aliphatic rings. The molecule has 0 unspecified atom stereocenters. The van der Waals surface area contributed by atoms with Gasteiger partial charge in [0.1, 0.15) is 0 Å². The van der Waals surface area contributed by atoms with Gasteiger partial charge >= 0.3 is 0 Å². The highest BCUT2D eigenvalue weighted by molar-refractivity contribution is 7.89. The molecule has 1 N–H and O–H groups in total. The zero-order valence-corrected chi connectivity index (χ0v) is 11.1.